The third kappa shape index (κ3) is 2.45. The predicted octanol–water partition coefficient (Wildman–Crippen LogP) is 2.83. The average molecular weight is 245 g/mol. The largest absolute Gasteiger partial charge is 0.381 e. The van der Waals surface area contributed by atoms with E-state index >= 15 is 0 Å². The first-order chi connectivity index (χ1) is 8.89. The quantitative estimate of drug-likeness (QED) is 0.812. The minimum absolute atomic E-state index is 0.337. The lowest BCUT2D eigenvalue weighted by molar-refractivity contribution is 0.0370. The van der Waals surface area contributed by atoms with Crippen LogP contribution in [0.3, 0.4) is 0 Å². The summed E-state index contributed by atoms with van der Waals surface area (Å²) in [6, 6.07) is 11.1. The van der Waals surface area contributed by atoms with E-state index < -0.39 is 0 Å². The molecule has 1 aromatic carbocycles. The van der Waals surface area contributed by atoms with Gasteiger partial charge in [-0.25, -0.2) is 0 Å². The third-order valence-electron chi connectivity index (χ3n) is 4.56. The molecule has 98 valence electrons. The van der Waals surface area contributed by atoms with Gasteiger partial charge in [0, 0.05) is 25.2 Å². The standard InChI is InChI=1S/C16H23NO/c1-2-6-15(7-3-1)16(8-12-18-13-9-16)14-17-10-4-5-11-17/h1-3,6-7H,4-5,8-14H2. The van der Waals surface area contributed by atoms with Crippen LogP contribution in [0.25, 0.3) is 0 Å². The van der Waals surface area contributed by atoms with E-state index in [1.165, 1.54) is 50.9 Å². The number of likely N-dealkylation sites (tertiary alicyclic amines) is 1. The maximum absolute atomic E-state index is 5.59. The molecule has 2 fully saturated rings. The molecule has 18 heavy (non-hydrogen) atoms. The summed E-state index contributed by atoms with van der Waals surface area (Å²) in [5, 5.41) is 0. The molecule has 2 aliphatic heterocycles. The van der Waals surface area contributed by atoms with Gasteiger partial charge in [-0.05, 0) is 44.3 Å². The zero-order chi connectivity index (χ0) is 12.3. The Kier molecular flexibility index (Phi) is 3.67. The van der Waals surface area contributed by atoms with Gasteiger partial charge in [0.2, 0.25) is 0 Å². The number of ether oxygens (including phenoxy) is 1. The first kappa shape index (κ1) is 12.2. The van der Waals surface area contributed by atoms with Crippen molar-refractivity contribution in [1.82, 2.24) is 4.90 Å². The van der Waals surface area contributed by atoms with Crippen LogP contribution in [0.1, 0.15) is 31.2 Å². The second kappa shape index (κ2) is 5.41. The molecule has 0 atom stereocenters. The van der Waals surface area contributed by atoms with Crippen LogP contribution in [-0.2, 0) is 10.2 Å². The van der Waals surface area contributed by atoms with Crippen LogP contribution in [0.4, 0.5) is 0 Å². The van der Waals surface area contributed by atoms with Crippen LogP contribution in [0, 0.1) is 0 Å². The van der Waals surface area contributed by atoms with Crippen LogP contribution >= 0.6 is 0 Å². The van der Waals surface area contributed by atoms with Gasteiger partial charge in [-0.15, -0.1) is 0 Å². The Hall–Kier alpha value is -0.860. The SMILES string of the molecule is c1ccc(C2(CN3CCCC3)CCOCC2)cc1. The fraction of sp³-hybridized carbons (Fsp3) is 0.625. The highest BCUT2D eigenvalue weighted by Gasteiger charge is 2.36. The van der Waals surface area contributed by atoms with Gasteiger partial charge < -0.3 is 9.64 Å². The van der Waals surface area contributed by atoms with Gasteiger partial charge >= 0.3 is 0 Å². The molecule has 2 aliphatic rings. The summed E-state index contributed by atoms with van der Waals surface area (Å²) < 4.78 is 5.59. The molecular formula is C16H23NO. The van der Waals surface area contributed by atoms with Crippen molar-refractivity contribution in [3.63, 3.8) is 0 Å². The second-order valence-corrected chi connectivity index (χ2v) is 5.74. The van der Waals surface area contributed by atoms with E-state index in [9.17, 15) is 0 Å². The average Bonchev–Trinajstić information content (AvgIpc) is 2.94. The molecule has 0 bridgehead atoms. The lowest BCUT2D eigenvalue weighted by atomic mass is 9.74. The van der Waals surface area contributed by atoms with Crippen LogP contribution in [0.2, 0.25) is 0 Å². The van der Waals surface area contributed by atoms with E-state index in [2.05, 4.69) is 35.2 Å². The predicted molar refractivity (Wildman–Crippen MR) is 73.8 cm³/mol. The Balaban J connectivity index is 1.83. The van der Waals surface area contributed by atoms with Crippen LogP contribution in [0.15, 0.2) is 30.3 Å². The molecule has 0 spiro atoms. The van der Waals surface area contributed by atoms with E-state index in [0.717, 1.165) is 13.2 Å². The molecule has 2 heteroatoms. The maximum Gasteiger partial charge on any atom is 0.0475 e. The highest BCUT2D eigenvalue weighted by Crippen LogP contribution is 2.36. The van der Waals surface area contributed by atoms with Crippen molar-refractivity contribution >= 4 is 0 Å². The molecule has 2 heterocycles. The Morgan fingerprint density at radius 2 is 1.67 bits per heavy atom. The van der Waals surface area contributed by atoms with Crippen molar-refractivity contribution in [3.8, 4) is 0 Å². The number of nitrogens with zero attached hydrogens (tertiary/aromatic N) is 1. The van der Waals surface area contributed by atoms with Crippen LogP contribution in [-0.4, -0.2) is 37.7 Å². The minimum Gasteiger partial charge on any atom is -0.381 e. The van der Waals surface area contributed by atoms with Crippen molar-refractivity contribution in [3.05, 3.63) is 35.9 Å². The fourth-order valence-corrected chi connectivity index (χ4v) is 3.46. The second-order valence-electron chi connectivity index (χ2n) is 5.74. The lowest BCUT2D eigenvalue weighted by Crippen LogP contribution is -2.43. The van der Waals surface area contributed by atoms with Crippen molar-refractivity contribution in [1.29, 1.82) is 0 Å². The van der Waals surface area contributed by atoms with Crippen LogP contribution in [0.5, 0.6) is 0 Å². The van der Waals surface area contributed by atoms with Gasteiger partial charge in [-0.1, -0.05) is 30.3 Å². The molecule has 0 aliphatic carbocycles. The van der Waals surface area contributed by atoms with Gasteiger partial charge in [0.1, 0.15) is 0 Å². The maximum atomic E-state index is 5.59. The summed E-state index contributed by atoms with van der Waals surface area (Å²) in [6.07, 6.45) is 5.10. The van der Waals surface area contributed by atoms with Gasteiger partial charge in [0.25, 0.3) is 0 Å². The minimum atomic E-state index is 0.337. The van der Waals surface area contributed by atoms with Crippen molar-refractivity contribution in [2.75, 3.05) is 32.8 Å². The first-order valence-corrected chi connectivity index (χ1v) is 7.25. The van der Waals surface area contributed by atoms with Crippen molar-refractivity contribution in [2.45, 2.75) is 31.1 Å². The summed E-state index contributed by atoms with van der Waals surface area (Å²) in [6.45, 7) is 5.64. The molecule has 0 saturated carbocycles. The summed E-state index contributed by atoms with van der Waals surface area (Å²) in [5.41, 5.74) is 1.85. The van der Waals surface area contributed by atoms with Crippen molar-refractivity contribution in [2.24, 2.45) is 0 Å². The van der Waals surface area contributed by atoms with Gasteiger partial charge in [-0.3, -0.25) is 0 Å². The molecule has 0 unspecified atom stereocenters. The molecule has 2 nitrogen and oxygen atoms in total. The summed E-state index contributed by atoms with van der Waals surface area (Å²) >= 11 is 0. The first-order valence-electron chi connectivity index (χ1n) is 7.25. The lowest BCUT2D eigenvalue weighted by Gasteiger charge is -2.40. The Morgan fingerprint density at radius 1 is 1.00 bits per heavy atom. The van der Waals surface area contributed by atoms with Gasteiger partial charge in [0.15, 0.2) is 0 Å². The molecule has 0 aromatic heterocycles. The molecule has 2 saturated heterocycles. The summed E-state index contributed by atoms with van der Waals surface area (Å²) in [4.78, 5) is 2.65. The van der Waals surface area contributed by atoms with Gasteiger partial charge in [0.05, 0.1) is 0 Å². The Bertz CT molecular complexity index is 364. The van der Waals surface area contributed by atoms with Crippen LogP contribution < -0.4 is 0 Å². The topological polar surface area (TPSA) is 12.5 Å². The van der Waals surface area contributed by atoms with E-state index in [1.54, 1.807) is 0 Å². The Morgan fingerprint density at radius 3 is 2.33 bits per heavy atom. The highest BCUT2D eigenvalue weighted by molar-refractivity contribution is 5.26. The Labute approximate surface area is 110 Å². The molecule has 0 N–H and O–H groups in total. The van der Waals surface area contributed by atoms with E-state index in [-0.39, 0.29) is 0 Å². The number of hydrogen-bond acceptors (Lipinski definition) is 2. The molecule has 0 radical (unpaired) electrons. The molecule has 1 aromatic rings. The molecule has 0 amide bonds. The third-order valence-corrected chi connectivity index (χ3v) is 4.56. The summed E-state index contributed by atoms with van der Waals surface area (Å²) in [7, 11) is 0. The zero-order valence-electron chi connectivity index (χ0n) is 11.1. The van der Waals surface area contributed by atoms with Crippen molar-refractivity contribution < 1.29 is 4.74 Å². The zero-order valence-corrected chi connectivity index (χ0v) is 11.1. The normalized spacial score (nSPS) is 24.2. The van der Waals surface area contributed by atoms with E-state index in [4.69, 9.17) is 4.74 Å². The monoisotopic (exact) mass is 245 g/mol. The molecule has 3 rings (SSSR count). The number of benzene rings is 1. The highest BCUT2D eigenvalue weighted by atomic mass is 16.5. The number of hydrogen-bond donors (Lipinski definition) is 0. The van der Waals surface area contributed by atoms with E-state index in [0.29, 0.717) is 5.41 Å². The van der Waals surface area contributed by atoms with E-state index in [1.807, 2.05) is 0 Å². The molecular weight excluding hydrogens is 222 g/mol. The summed E-state index contributed by atoms with van der Waals surface area (Å²) in [5.74, 6) is 0. The van der Waals surface area contributed by atoms with Gasteiger partial charge in [-0.2, -0.15) is 0 Å². The number of rotatable bonds is 3. The fourth-order valence-electron chi connectivity index (χ4n) is 3.46. The smallest absolute Gasteiger partial charge is 0.0475 e.